The van der Waals surface area contributed by atoms with Crippen LogP contribution in [0.25, 0.3) is 0 Å². The number of β-amino-alcohol motifs (C(OH)–C–C–N with tert-alkyl or cyclic N) is 1. The van der Waals surface area contributed by atoms with Crippen molar-refractivity contribution in [1.82, 2.24) is 20.1 Å². The summed E-state index contributed by atoms with van der Waals surface area (Å²) >= 11 is 1.75. The lowest BCUT2D eigenvalue weighted by Crippen LogP contribution is -2.47. The van der Waals surface area contributed by atoms with Crippen molar-refractivity contribution in [3.8, 4) is 5.75 Å². The lowest BCUT2D eigenvalue weighted by molar-refractivity contribution is 0.0505. The second-order valence-electron chi connectivity index (χ2n) is 7.57. The van der Waals surface area contributed by atoms with Crippen LogP contribution in [0.3, 0.4) is 0 Å². The topological polar surface area (TPSA) is 60.9 Å². The number of thiazole rings is 1. The number of aliphatic hydroxyl groups excluding tert-OH is 1. The second kappa shape index (κ2) is 10.3. The van der Waals surface area contributed by atoms with Crippen LogP contribution in [0.4, 0.5) is 0 Å². The molecule has 0 amide bonds. The Morgan fingerprint density at radius 1 is 1.14 bits per heavy atom. The number of piperazine rings is 1. The molecule has 0 saturated carbocycles. The summed E-state index contributed by atoms with van der Waals surface area (Å²) < 4.78 is 5.76. The first kappa shape index (κ1) is 21.2. The number of rotatable bonds is 9. The maximum atomic E-state index is 10.2. The number of likely N-dealkylation sites (N-methyl/N-ethyl adjacent to an activating group) is 1. The van der Waals surface area contributed by atoms with E-state index in [0.29, 0.717) is 13.2 Å². The summed E-state index contributed by atoms with van der Waals surface area (Å²) in [5, 5.41) is 14.8. The van der Waals surface area contributed by atoms with Crippen LogP contribution in [0.5, 0.6) is 5.75 Å². The number of ether oxygens (including phenoxy) is 1. The molecule has 1 saturated heterocycles. The molecule has 3 rings (SSSR count). The van der Waals surface area contributed by atoms with Gasteiger partial charge in [-0.05, 0) is 38.6 Å². The highest BCUT2D eigenvalue weighted by atomic mass is 32.1. The number of aryl methyl sites for hydroxylation is 2. The van der Waals surface area contributed by atoms with Gasteiger partial charge in [-0.25, -0.2) is 4.98 Å². The van der Waals surface area contributed by atoms with E-state index in [-0.39, 0.29) is 0 Å². The van der Waals surface area contributed by atoms with Gasteiger partial charge in [-0.3, -0.25) is 4.90 Å². The second-order valence-corrected chi connectivity index (χ2v) is 8.85. The Bertz CT molecular complexity index is 707. The highest BCUT2D eigenvalue weighted by molar-refractivity contribution is 7.11. The minimum atomic E-state index is -0.463. The largest absolute Gasteiger partial charge is 0.491 e. The number of benzene rings is 1. The molecule has 0 radical (unpaired) electrons. The van der Waals surface area contributed by atoms with Crippen LogP contribution in [0, 0.1) is 13.8 Å². The fourth-order valence-electron chi connectivity index (χ4n) is 3.21. The Morgan fingerprint density at radius 3 is 2.50 bits per heavy atom. The third-order valence-electron chi connectivity index (χ3n) is 5.11. The van der Waals surface area contributed by atoms with E-state index >= 15 is 0 Å². The van der Waals surface area contributed by atoms with E-state index in [1.54, 1.807) is 11.3 Å². The van der Waals surface area contributed by atoms with Gasteiger partial charge in [-0.1, -0.05) is 12.1 Å². The van der Waals surface area contributed by atoms with Crippen LogP contribution < -0.4 is 10.1 Å². The predicted molar refractivity (Wildman–Crippen MR) is 114 cm³/mol. The van der Waals surface area contributed by atoms with Crippen molar-refractivity contribution < 1.29 is 9.84 Å². The first-order valence-electron chi connectivity index (χ1n) is 9.94. The number of nitrogens with zero attached hydrogens (tertiary/aromatic N) is 3. The number of aromatic nitrogens is 1. The zero-order chi connectivity index (χ0) is 19.9. The first-order valence-corrected chi connectivity index (χ1v) is 10.8. The van der Waals surface area contributed by atoms with E-state index in [1.807, 2.05) is 12.1 Å². The summed E-state index contributed by atoms with van der Waals surface area (Å²) in [6, 6.07) is 8.07. The Balaban J connectivity index is 1.35. The van der Waals surface area contributed by atoms with Gasteiger partial charge in [0.05, 0.1) is 5.69 Å². The average Bonchev–Trinajstić information content (AvgIpc) is 3.00. The summed E-state index contributed by atoms with van der Waals surface area (Å²) in [5.74, 6) is 0.798. The molecule has 1 atom stereocenters. The van der Waals surface area contributed by atoms with Crippen LogP contribution in [0.1, 0.15) is 21.1 Å². The average molecular weight is 405 g/mol. The fourth-order valence-corrected chi connectivity index (χ4v) is 4.11. The van der Waals surface area contributed by atoms with Crippen molar-refractivity contribution in [2.24, 2.45) is 0 Å². The van der Waals surface area contributed by atoms with E-state index in [9.17, 15) is 5.11 Å². The van der Waals surface area contributed by atoms with Gasteiger partial charge in [-0.2, -0.15) is 0 Å². The minimum Gasteiger partial charge on any atom is -0.491 e. The fraction of sp³-hybridized carbons (Fsp3) is 0.571. The Morgan fingerprint density at radius 2 is 1.86 bits per heavy atom. The van der Waals surface area contributed by atoms with Crippen LogP contribution >= 0.6 is 11.3 Å². The molecule has 28 heavy (non-hydrogen) atoms. The predicted octanol–water partition coefficient (Wildman–Crippen LogP) is 2.04. The van der Waals surface area contributed by atoms with Gasteiger partial charge in [0.2, 0.25) is 0 Å². The van der Waals surface area contributed by atoms with Crippen molar-refractivity contribution in [1.29, 1.82) is 0 Å². The normalized spacial score (nSPS) is 17.0. The van der Waals surface area contributed by atoms with Crippen molar-refractivity contribution in [2.75, 3.05) is 46.4 Å². The molecule has 6 nitrogen and oxygen atoms in total. The van der Waals surface area contributed by atoms with Gasteiger partial charge >= 0.3 is 0 Å². The van der Waals surface area contributed by atoms with Crippen LogP contribution in [-0.4, -0.2) is 72.4 Å². The molecule has 1 aromatic heterocycles. The van der Waals surface area contributed by atoms with E-state index < -0.39 is 6.10 Å². The summed E-state index contributed by atoms with van der Waals surface area (Å²) in [6.07, 6.45) is -0.463. The quantitative estimate of drug-likeness (QED) is 0.667. The zero-order valence-electron chi connectivity index (χ0n) is 17.1. The Kier molecular flexibility index (Phi) is 7.82. The zero-order valence-corrected chi connectivity index (χ0v) is 18.0. The molecule has 2 N–H and O–H groups in total. The molecule has 1 aliphatic rings. The van der Waals surface area contributed by atoms with E-state index in [0.717, 1.165) is 55.7 Å². The summed E-state index contributed by atoms with van der Waals surface area (Å²) in [7, 11) is 2.14. The van der Waals surface area contributed by atoms with Crippen molar-refractivity contribution in [3.05, 3.63) is 45.4 Å². The lowest BCUT2D eigenvalue weighted by Gasteiger charge is -2.33. The van der Waals surface area contributed by atoms with Gasteiger partial charge in [0.1, 0.15) is 23.5 Å². The molecule has 154 valence electrons. The van der Waals surface area contributed by atoms with Crippen molar-refractivity contribution in [3.63, 3.8) is 0 Å². The Labute approximate surface area is 172 Å². The summed E-state index contributed by atoms with van der Waals surface area (Å²) in [4.78, 5) is 10.4. The highest BCUT2D eigenvalue weighted by Gasteiger charge is 2.17. The first-order chi connectivity index (χ1) is 13.5. The van der Waals surface area contributed by atoms with Gasteiger partial charge in [0.25, 0.3) is 0 Å². The van der Waals surface area contributed by atoms with Crippen molar-refractivity contribution in [2.45, 2.75) is 33.0 Å². The third kappa shape index (κ3) is 6.53. The maximum Gasteiger partial charge on any atom is 0.119 e. The van der Waals surface area contributed by atoms with Gasteiger partial charge in [0, 0.05) is 50.7 Å². The standard InChI is InChI=1S/C21H32N4O2S/c1-16-17(2)28-21(23-16)13-22-12-18-4-6-20(7-5-18)27-15-19(26)14-25-10-8-24(3)9-11-25/h4-7,19,22,26H,8-15H2,1-3H3. The monoisotopic (exact) mass is 404 g/mol. The molecule has 1 unspecified atom stereocenters. The lowest BCUT2D eigenvalue weighted by atomic mass is 10.2. The molecular weight excluding hydrogens is 372 g/mol. The smallest absolute Gasteiger partial charge is 0.119 e. The molecule has 0 aliphatic carbocycles. The Hall–Kier alpha value is -1.51. The van der Waals surface area contributed by atoms with Gasteiger partial charge < -0.3 is 20.1 Å². The molecule has 1 aromatic carbocycles. The molecule has 0 bridgehead atoms. The van der Waals surface area contributed by atoms with Gasteiger partial charge in [-0.15, -0.1) is 11.3 Å². The van der Waals surface area contributed by atoms with E-state index in [2.05, 4.69) is 53.1 Å². The number of aliphatic hydroxyl groups is 1. The SMILES string of the molecule is Cc1nc(CNCc2ccc(OCC(O)CN3CCN(C)CC3)cc2)sc1C. The van der Waals surface area contributed by atoms with Crippen LogP contribution in [-0.2, 0) is 13.1 Å². The molecule has 0 spiro atoms. The van der Waals surface area contributed by atoms with Gasteiger partial charge in [0.15, 0.2) is 0 Å². The molecular formula is C21H32N4O2S. The number of hydrogen-bond donors (Lipinski definition) is 2. The van der Waals surface area contributed by atoms with Crippen molar-refractivity contribution >= 4 is 11.3 Å². The molecule has 7 heteroatoms. The highest BCUT2D eigenvalue weighted by Crippen LogP contribution is 2.17. The molecule has 2 aromatic rings. The van der Waals surface area contributed by atoms with Crippen LogP contribution in [0.2, 0.25) is 0 Å². The minimum absolute atomic E-state index is 0.326. The van der Waals surface area contributed by atoms with E-state index in [4.69, 9.17) is 4.74 Å². The molecule has 2 heterocycles. The molecule has 1 aliphatic heterocycles. The summed E-state index contributed by atoms with van der Waals surface area (Å²) in [6.45, 7) is 10.9. The number of nitrogens with one attached hydrogen (secondary N) is 1. The molecule has 1 fully saturated rings. The summed E-state index contributed by atoms with van der Waals surface area (Å²) in [5.41, 5.74) is 2.33. The maximum absolute atomic E-state index is 10.2. The number of hydrogen-bond acceptors (Lipinski definition) is 7. The van der Waals surface area contributed by atoms with E-state index in [1.165, 1.54) is 10.4 Å². The van der Waals surface area contributed by atoms with Crippen LogP contribution in [0.15, 0.2) is 24.3 Å². The third-order valence-corrected chi connectivity index (χ3v) is 6.18.